The maximum absolute atomic E-state index is 3.61. The minimum Gasteiger partial charge on any atom is -0.309 e. The van der Waals surface area contributed by atoms with Gasteiger partial charge in [-0.05, 0) is 52.7 Å². The molecule has 2 heterocycles. The summed E-state index contributed by atoms with van der Waals surface area (Å²) < 4.78 is 1.27. The van der Waals surface area contributed by atoms with Gasteiger partial charge in [0, 0.05) is 15.4 Å². The number of rotatable bonds is 2. The van der Waals surface area contributed by atoms with Gasteiger partial charge in [0.25, 0.3) is 0 Å². The third-order valence-electron chi connectivity index (χ3n) is 3.05. The molecule has 14 heavy (non-hydrogen) atoms. The van der Waals surface area contributed by atoms with Crippen LogP contribution in [0.5, 0.6) is 0 Å². The molecule has 0 spiro atoms. The Bertz CT molecular complexity index is 297. The van der Waals surface area contributed by atoms with Gasteiger partial charge in [-0.15, -0.1) is 11.3 Å². The van der Waals surface area contributed by atoms with Crippen LogP contribution in [0, 0.1) is 5.92 Å². The Hall–Kier alpha value is 0.140. The summed E-state index contributed by atoms with van der Waals surface area (Å²) in [5.74, 6) is 0.912. The van der Waals surface area contributed by atoms with Gasteiger partial charge in [0.05, 0.1) is 0 Å². The molecule has 1 N–H and O–H groups in total. The second-order valence-electron chi connectivity index (χ2n) is 3.94. The SMILES string of the molecule is CCC1CCNC(c2sccc2Br)C1. The van der Waals surface area contributed by atoms with Crippen LogP contribution in [0.4, 0.5) is 0 Å². The third kappa shape index (κ3) is 2.20. The number of halogens is 1. The van der Waals surface area contributed by atoms with E-state index in [2.05, 4.69) is 39.6 Å². The van der Waals surface area contributed by atoms with Gasteiger partial charge in [-0.2, -0.15) is 0 Å². The molecular formula is C11H16BrNS. The minimum absolute atomic E-state index is 0.586. The lowest BCUT2D eigenvalue weighted by Gasteiger charge is -2.29. The van der Waals surface area contributed by atoms with Crippen LogP contribution in [0.25, 0.3) is 0 Å². The first-order chi connectivity index (χ1) is 6.81. The van der Waals surface area contributed by atoms with E-state index in [4.69, 9.17) is 0 Å². The van der Waals surface area contributed by atoms with Crippen molar-refractivity contribution >= 4 is 27.3 Å². The largest absolute Gasteiger partial charge is 0.309 e. The van der Waals surface area contributed by atoms with Gasteiger partial charge in [0.15, 0.2) is 0 Å². The van der Waals surface area contributed by atoms with E-state index in [0.717, 1.165) is 5.92 Å². The molecule has 1 aliphatic rings. The quantitative estimate of drug-likeness (QED) is 0.860. The molecule has 1 saturated heterocycles. The summed E-state index contributed by atoms with van der Waals surface area (Å²) in [7, 11) is 0. The topological polar surface area (TPSA) is 12.0 Å². The summed E-state index contributed by atoms with van der Waals surface area (Å²) >= 11 is 5.47. The maximum atomic E-state index is 3.61. The first-order valence-corrected chi connectivity index (χ1v) is 6.94. The molecule has 1 aliphatic heterocycles. The molecular weight excluding hydrogens is 258 g/mol. The van der Waals surface area contributed by atoms with Crippen LogP contribution < -0.4 is 5.32 Å². The molecule has 1 nitrogen and oxygen atoms in total. The standard InChI is InChI=1S/C11H16BrNS/c1-2-8-3-5-13-10(7-8)11-9(12)4-6-14-11/h4,6,8,10,13H,2-3,5,7H2,1H3. The molecule has 1 fully saturated rings. The molecule has 2 atom stereocenters. The summed E-state index contributed by atoms with van der Waals surface area (Å²) in [6.07, 6.45) is 3.97. The zero-order chi connectivity index (χ0) is 9.97. The molecule has 3 heteroatoms. The fraction of sp³-hybridized carbons (Fsp3) is 0.636. The second-order valence-corrected chi connectivity index (χ2v) is 5.74. The van der Waals surface area contributed by atoms with Crippen molar-refractivity contribution in [2.75, 3.05) is 6.54 Å². The van der Waals surface area contributed by atoms with E-state index >= 15 is 0 Å². The molecule has 0 radical (unpaired) electrons. The van der Waals surface area contributed by atoms with Gasteiger partial charge in [-0.1, -0.05) is 13.3 Å². The molecule has 2 unspecified atom stereocenters. The highest BCUT2D eigenvalue weighted by Crippen LogP contribution is 2.35. The lowest BCUT2D eigenvalue weighted by molar-refractivity contribution is 0.301. The van der Waals surface area contributed by atoms with Crippen molar-refractivity contribution in [2.24, 2.45) is 5.92 Å². The summed E-state index contributed by atoms with van der Waals surface area (Å²) in [5.41, 5.74) is 0. The minimum atomic E-state index is 0.586. The molecule has 2 rings (SSSR count). The Morgan fingerprint density at radius 1 is 1.64 bits per heavy atom. The van der Waals surface area contributed by atoms with Gasteiger partial charge in [-0.25, -0.2) is 0 Å². The summed E-state index contributed by atoms with van der Waals surface area (Å²) in [5, 5.41) is 5.77. The maximum Gasteiger partial charge on any atom is 0.0428 e. The van der Waals surface area contributed by atoms with Crippen molar-refractivity contribution in [1.82, 2.24) is 5.32 Å². The average molecular weight is 274 g/mol. The van der Waals surface area contributed by atoms with Crippen LogP contribution in [0.1, 0.15) is 37.1 Å². The van der Waals surface area contributed by atoms with Crippen molar-refractivity contribution in [3.05, 3.63) is 20.8 Å². The van der Waals surface area contributed by atoms with E-state index in [1.807, 2.05) is 11.3 Å². The van der Waals surface area contributed by atoms with Gasteiger partial charge in [0.1, 0.15) is 0 Å². The molecule has 1 aromatic rings. The molecule has 0 aromatic carbocycles. The van der Waals surface area contributed by atoms with Crippen LogP contribution in [-0.4, -0.2) is 6.54 Å². The highest BCUT2D eigenvalue weighted by molar-refractivity contribution is 9.10. The highest BCUT2D eigenvalue weighted by atomic mass is 79.9. The Labute approximate surface area is 98.0 Å². The summed E-state index contributed by atoms with van der Waals surface area (Å²) in [4.78, 5) is 1.48. The van der Waals surface area contributed by atoms with E-state index in [1.54, 1.807) is 0 Å². The first kappa shape index (κ1) is 10.7. The van der Waals surface area contributed by atoms with Crippen LogP contribution in [0.3, 0.4) is 0 Å². The average Bonchev–Trinajstić information content (AvgIpc) is 2.65. The van der Waals surface area contributed by atoms with Crippen LogP contribution in [-0.2, 0) is 0 Å². The van der Waals surface area contributed by atoms with Gasteiger partial charge in [-0.3, -0.25) is 0 Å². The molecule has 1 aromatic heterocycles. The number of thiophene rings is 1. The zero-order valence-electron chi connectivity index (χ0n) is 8.42. The second kappa shape index (κ2) is 4.77. The number of nitrogens with one attached hydrogen (secondary N) is 1. The third-order valence-corrected chi connectivity index (χ3v) is 5.04. The predicted molar refractivity (Wildman–Crippen MR) is 65.8 cm³/mol. The Morgan fingerprint density at radius 3 is 3.14 bits per heavy atom. The number of piperidine rings is 1. The van der Waals surface area contributed by atoms with Gasteiger partial charge >= 0.3 is 0 Å². The zero-order valence-corrected chi connectivity index (χ0v) is 10.8. The van der Waals surface area contributed by atoms with E-state index < -0.39 is 0 Å². The fourth-order valence-corrected chi connectivity index (χ4v) is 3.86. The number of hydrogen-bond acceptors (Lipinski definition) is 2. The van der Waals surface area contributed by atoms with Gasteiger partial charge in [0.2, 0.25) is 0 Å². The normalized spacial score (nSPS) is 27.9. The fourth-order valence-electron chi connectivity index (χ4n) is 2.12. The van der Waals surface area contributed by atoms with E-state index in [9.17, 15) is 0 Å². The van der Waals surface area contributed by atoms with E-state index in [0.29, 0.717) is 6.04 Å². The van der Waals surface area contributed by atoms with Gasteiger partial charge < -0.3 is 5.32 Å². The molecule has 0 amide bonds. The molecule has 78 valence electrons. The molecule has 0 aliphatic carbocycles. The first-order valence-electron chi connectivity index (χ1n) is 5.27. The monoisotopic (exact) mass is 273 g/mol. The van der Waals surface area contributed by atoms with E-state index in [-0.39, 0.29) is 0 Å². The highest BCUT2D eigenvalue weighted by Gasteiger charge is 2.23. The van der Waals surface area contributed by atoms with Crippen molar-refractivity contribution in [3.63, 3.8) is 0 Å². The Kier molecular flexibility index (Phi) is 3.63. The van der Waals surface area contributed by atoms with Crippen molar-refractivity contribution in [1.29, 1.82) is 0 Å². The van der Waals surface area contributed by atoms with Crippen molar-refractivity contribution in [2.45, 2.75) is 32.2 Å². The van der Waals surface area contributed by atoms with Crippen LogP contribution in [0.2, 0.25) is 0 Å². The Morgan fingerprint density at radius 2 is 2.50 bits per heavy atom. The van der Waals surface area contributed by atoms with Crippen LogP contribution in [0.15, 0.2) is 15.9 Å². The lowest BCUT2D eigenvalue weighted by Crippen LogP contribution is -2.31. The smallest absolute Gasteiger partial charge is 0.0428 e. The van der Waals surface area contributed by atoms with Crippen molar-refractivity contribution in [3.8, 4) is 0 Å². The Balaban J connectivity index is 2.08. The molecule has 0 bridgehead atoms. The van der Waals surface area contributed by atoms with E-state index in [1.165, 1.54) is 35.2 Å². The van der Waals surface area contributed by atoms with Crippen LogP contribution >= 0.6 is 27.3 Å². The van der Waals surface area contributed by atoms with Crippen molar-refractivity contribution < 1.29 is 0 Å². The number of hydrogen-bond donors (Lipinski definition) is 1. The summed E-state index contributed by atoms with van der Waals surface area (Å²) in [6.45, 7) is 3.48. The molecule has 0 saturated carbocycles. The lowest BCUT2D eigenvalue weighted by atomic mass is 9.90. The summed E-state index contributed by atoms with van der Waals surface area (Å²) in [6, 6.07) is 2.74. The predicted octanol–water partition coefficient (Wildman–Crippen LogP) is 3.96.